The van der Waals surface area contributed by atoms with Gasteiger partial charge in [0.15, 0.2) is 0 Å². The van der Waals surface area contributed by atoms with Crippen LogP contribution in [0.1, 0.15) is 13.3 Å². The van der Waals surface area contributed by atoms with E-state index in [0.717, 1.165) is 0 Å². The third-order valence-corrected chi connectivity index (χ3v) is 2.80. The summed E-state index contributed by atoms with van der Waals surface area (Å²) in [6, 6.07) is 0. The lowest BCUT2D eigenvalue weighted by Gasteiger charge is -2.28. The monoisotopic (exact) mass is 168 g/mol. The number of rotatable bonds is 0. The number of ether oxygens (including phenoxy) is 1. The van der Waals surface area contributed by atoms with Crippen molar-refractivity contribution >= 4 is 5.97 Å². The molecule has 4 atom stereocenters. The summed E-state index contributed by atoms with van der Waals surface area (Å²) in [7, 11) is 0. The van der Waals surface area contributed by atoms with Crippen molar-refractivity contribution in [3.63, 3.8) is 0 Å². The van der Waals surface area contributed by atoms with E-state index in [1.807, 2.05) is 6.92 Å². The van der Waals surface area contributed by atoms with Crippen molar-refractivity contribution in [2.45, 2.75) is 25.6 Å². The molecule has 0 radical (unpaired) electrons. The van der Waals surface area contributed by atoms with Crippen LogP contribution in [0.5, 0.6) is 0 Å². The topological polar surface area (TPSA) is 46.5 Å². The van der Waals surface area contributed by atoms with Crippen LogP contribution in [0.25, 0.3) is 0 Å². The van der Waals surface area contributed by atoms with E-state index in [0.29, 0.717) is 6.42 Å². The molecule has 0 amide bonds. The van der Waals surface area contributed by atoms with Crippen LogP contribution in [0.3, 0.4) is 0 Å². The lowest BCUT2D eigenvalue weighted by Crippen LogP contribution is -2.32. The first-order valence-corrected chi connectivity index (χ1v) is 4.24. The molecule has 66 valence electrons. The van der Waals surface area contributed by atoms with Crippen LogP contribution in [0.15, 0.2) is 12.2 Å². The fraction of sp³-hybridized carbons (Fsp3) is 0.667. The lowest BCUT2D eigenvalue weighted by molar-refractivity contribution is -0.140. The maximum atomic E-state index is 10.9. The second-order valence-corrected chi connectivity index (χ2v) is 3.56. The average Bonchev–Trinajstić information content (AvgIpc) is 2.39. The zero-order valence-electron chi connectivity index (χ0n) is 6.93. The van der Waals surface area contributed by atoms with E-state index in [1.165, 1.54) is 0 Å². The summed E-state index contributed by atoms with van der Waals surface area (Å²) in [6.07, 6.45) is 3.45. The Morgan fingerprint density at radius 3 is 3.08 bits per heavy atom. The summed E-state index contributed by atoms with van der Waals surface area (Å²) in [5.41, 5.74) is 0. The zero-order chi connectivity index (χ0) is 8.72. The fourth-order valence-electron chi connectivity index (χ4n) is 1.91. The number of aliphatic hydroxyl groups excluding tert-OH is 1. The first-order valence-electron chi connectivity index (χ1n) is 4.24. The molecule has 0 saturated carbocycles. The first kappa shape index (κ1) is 7.80. The standard InChI is InChI=1S/C9H12O3/c1-5-6-4-9(11)12-8(6)3-2-7(5)10/h2-3,5-8,10H,4H2,1H3/t5?,6-,7?,8?/m0/s1. The molecule has 3 heteroatoms. The van der Waals surface area contributed by atoms with Crippen molar-refractivity contribution in [1.82, 2.24) is 0 Å². The molecule has 2 rings (SSSR count). The predicted molar refractivity (Wildman–Crippen MR) is 42.3 cm³/mol. The fourth-order valence-corrected chi connectivity index (χ4v) is 1.91. The highest BCUT2D eigenvalue weighted by atomic mass is 16.5. The van der Waals surface area contributed by atoms with Crippen LogP contribution in [0.4, 0.5) is 0 Å². The average molecular weight is 168 g/mol. The summed E-state index contributed by atoms with van der Waals surface area (Å²) < 4.78 is 5.05. The van der Waals surface area contributed by atoms with Gasteiger partial charge in [0, 0.05) is 5.92 Å². The highest BCUT2D eigenvalue weighted by Gasteiger charge is 2.41. The van der Waals surface area contributed by atoms with E-state index in [2.05, 4.69) is 0 Å². The SMILES string of the molecule is CC1C(O)C=CC2OC(=O)C[C@H]21. The first-order chi connectivity index (χ1) is 5.68. The van der Waals surface area contributed by atoms with Crippen LogP contribution in [0.2, 0.25) is 0 Å². The van der Waals surface area contributed by atoms with Gasteiger partial charge in [-0.25, -0.2) is 0 Å². The molecule has 2 aliphatic rings. The highest BCUT2D eigenvalue weighted by molar-refractivity contribution is 5.72. The second-order valence-electron chi connectivity index (χ2n) is 3.56. The molecule has 0 aromatic carbocycles. The van der Waals surface area contributed by atoms with Crippen molar-refractivity contribution < 1.29 is 14.6 Å². The van der Waals surface area contributed by atoms with E-state index >= 15 is 0 Å². The van der Waals surface area contributed by atoms with Crippen LogP contribution in [-0.4, -0.2) is 23.3 Å². The van der Waals surface area contributed by atoms with Gasteiger partial charge in [-0.2, -0.15) is 0 Å². The molecule has 1 aliphatic heterocycles. The molecule has 0 bridgehead atoms. The van der Waals surface area contributed by atoms with Crippen molar-refractivity contribution in [2.24, 2.45) is 11.8 Å². The van der Waals surface area contributed by atoms with E-state index < -0.39 is 6.10 Å². The molecule has 1 N–H and O–H groups in total. The molecular formula is C9H12O3. The predicted octanol–water partition coefficient (Wildman–Crippen LogP) is 0.485. The highest BCUT2D eigenvalue weighted by Crippen LogP contribution is 2.35. The molecule has 0 spiro atoms. The summed E-state index contributed by atoms with van der Waals surface area (Å²) in [5.74, 6) is 0.166. The van der Waals surface area contributed by atoms with E-state index in [-0.39, 0.29) is 23.9 Å². The Hall–Kier alpha value is -0.830. The number of hydrogen-bond acceptors (Lipinski definition) is 3. The van der Waals surface area contributed by atoms with Crippen molar-refractivity contribution in [3.8, 4) is 0 Å². The Morgan fingerprint density at radius 1 is 1.58 bits per heavy atom. The third-order valence-electron chi connectivity index (χ3n) is 2.80. The summed E-state index contributed by atoms with van der Waals surface area (Å²) in [4.78, 5) is 10.9. The van der Waals surface area contributed by atoms with Gasteiger partial charge < -0.3 is 9.84 Å². The van der Waals surface area contributed by atoms with Gasteiger partial charge in [-0.1, -0.05) is 13.0 Å². The zero-order valence-corrected chi connectivity index (χ0v) is 6.93. The van der Waals surface area contributed by atoms with Crippen molar-refractivity contribution in [2.75, 3.05) is 0 Å². The molecular weight excluding hydrogens is 156 g/mol. The maximum absolute atomic E-state index is 10.9. The number of fused-ring (bicyclic) bond motifs is 1. The van der Waals surface area contributed by atoms with Crippen molar-refractivity contribution in [1.29, 1.82) is 0 Å². The second kappa shape index (κ2) is 2.59. The number of esters is 1. The summed E-state index contributed by atoms with van der Waals surface area (Å²) in [5, 5.41) is 9.46. The molecule has 1 heterocycles. The van der Waals surface area contributed by atoms with E-state index in [1.54, 1.807) is 12.2 Å². The molecule has 0 aromatic rings. The molecule has 0 aromatic heterocycles. The Bertz CT molecular complexity index is 234. The Labute approximate surface area is 71.0 Å². The van der Waals surface area contributed by atoms with Crippen LogP contribution in [0, 0.1) is 11.8 Å². The van der Waals surface area contributed by atoms with Gasteiger partial charge in [0.2, 0.25) is 0 Å². The van der Waals surface area contributed by atoms with Crippen molar-refractivity contribution in [3.05, 3.63) is 12.2 Å². The number of aliphatic hydroxyl groups is 1. The van der Waals surface area contributed by atoms with Gasteiger partial charge in [-0.15, -0.1) is 0 Å². The minimum Gasteiger partial charge on any atom is -0.458 e. The molecule has 3 unspecified atom stereocenters. The minimum atomic E-state index is -0.416. The molecule has 1 aliphatic carbocycles. The third kappa shape index (κ3) is 1.05. The van der Waals surface area contributed by atoms with Gasteiger partial charge in [-0.05, 0) is 12.0 Å². The lowest BCUT2D eigenvalue weighted by atomic mass is 9.80. The number of carbonyl (C=O) groups is 1. The van der Waals surface area contributed by atoms with Gasteiger partial charge in [-0.3, -0.25) is 4.79 Å². The molecule has 3 nitrogen and oxygen atoms in total. The van der Waals surface area contributed by atoms with Crippen LogP contribution < -0.4 is 0 Å². The van der Waals surface area contributed by atoms with E-state index in [4.69, 9.17) is 4.74 Å². The van der Waals surface area contributed by atoms with Gasteiger partial charge >= 0.3 is 5.97 Å². The number of carbonyl (C=O) groups excluding carboxylic acids is 1. The van der Waals surface area contributed by atoms with E-state index in [9.17, 15) is 9.90 Å². The molecule has 1 saturated heterocycles. The molecule has 12 heavy (non-hydrogen) atoms. The quantitative estimate of drug-likeness (QED) is 0.423. The van der Waals surface area contributed by atoms with Gasteiger partial charge in [0.25, 0.3) is 0 Å². The minimum absolute atomic E-state index is 0.0871. The summed E-state index contributed by atoms with van der Waals surface area (Å²) >= 11 is 0. The Balaban J connectivity index is 2.21. The summed E-state index contributed by atoms with van der Waals surface area (Å²) in [6.45, 7) is 1.95. The van der Waals surface area contributed by atoms with Gasteiger partial charge in [0.05, 0.1) is 12.5 Å². The normalized spacial score (nSPS) is 45.7. The number of hydrogen-bond donors (Lipinski definition) is 1. The Kier molecular flexibility index (Phi) is 1.68. The van der Waals surface area contributed by atoms with Crippen LogP contribution in [-0.2, 0) is 9.53 Å². The Morgan fingerprint density at radius 2 is 2.33 bits per heavy atom. The van der Waals surface area contributed by atoms with Gasteiger partial charge in [0.1, 0.15) is 6.10 Å². The maximum Gasteiger partial charge on any atom is 0.306 e. The smallest absolute Gasteiger partial charge is 0.306 e. The van der Waals surface area contributed by atoms with Crippen LogP contribution >= 0.6 is 0 Å². The largest absolute Gasteiger partial charge is 0.458 e. The molecule has 1 fully saturated rings.